The van der Waals surface area contributed by atoms with Crippen molar-refractivity contribution in [3.63, 3.8) is 0 Å². The first-order chi connectivity index (χ1) is 16.4. The van der Waals surface area contributed by atoms with Gasteiger partial charge in [0.1, 0.15) is 5.92 Å². The molecule has 0 radical (unpaired) electrons. The number of carbonyl (C=O) groups is 3. The highest BCUT2D eigenvalue weighted by atomic mass is 32.2. The van der Waals surface area contributed by atoms with Crippen molar-refractivity contribution in [2.75, 3.05) is 0 Å². The van der Waals surface area contributed by atoms with Gasteiger partial charge in [-0.15, -0.1) is 22.7 Å². The fourth-order valence-corrected chi connectivity index (χ4v) is 6.71. The minimum Gasteiger partial charge on any atom is -0.480 e. The Balaban J connectivity index is 1.68. The van der Waals surface area contributed by atoms with Crippen molar-refractivity contribution in [2.45, 2.75) is 6.92 Å². The maximum Gasteiger partial charge on any atom is 0.320 e. The van der Waals surface area contributed by atoms with Gasteiger partial charge >= 0.3 is 5.97 Å². The summed E-state index contributed by atoms with van der Waals surface area (Å²) in [6.07, 6.45) is 6.23. The lowest BCUT2D eigenvalue weighted by atomic mass is 9.96. The van der Waals surface area contributed by atoms with Crippen molar-refractivity contribution in [1.29, 1.82) is 5.26 Å². The molecule has 0 aliphatic carbocycles. The molecule has 9 heteroatoms. The summed E-state index contributed by atoms with van der Waals surface area (Å²) >= 11 is 2.95. The largest absolute Gasteiger partial charge is 0.480 e. The number of allylic oxidation sites excluding steroid dienone is 2. The highest BCUT2D eigenvalue weighted by Crippen LogP contribution is 2.46. The molecular formula is C25H15N3O4S2. The van der Waals surface area contributed by atoms with Gasteiger partial charge in [0.25, 0.3) is 11.8 Å². The van der Waals surface area contributed by atoms with Gasteiger partial charge in [0.05, 0.1) is 31.3 Å². The number of nitrogens with zero attached hydrogens (tertiary/aromatic N) is 3. The van der Waals surface area contributed by atoms with E-state index in [0.29, 0.717) is 11.4 Å². The predicted molar refractivity (Wildman–Crippen MR) is 131 cm³/mol. The molecule has 2 aliphatic heterocycles. The second-order valence-electron chi connectivity index (χ2n) is 7.70. The van der Waals surface area contributed by atoms with Gasteiger partial charge < -0.3 is 5.11 Å². The van der Waals surface area contributed by atoms with E-state index in [9.17, 15) is 19.5 Å². The minimum atomic E-state index is -1.26. The molecule has 2 atom stereocenters. The Morgan fingerprint density at radius 1 is 1.00 bits per heavy atom. The number of fused-ring (bicyclic) bond motifs is 1. The van der Waals surface area contributed by atoms with Crippen molar-refractivity contribution in [1.82, 2.24) is 0 Å². The van der Waals surface area contributed by atoms with Gasteiger partial charge in [0.15, 0.2) is 5.92 Å². The van der Waals surface area contributed by atoms with Gasteiger partial charge in [-0.25, -0.2) is 9.98 Å². The summed E-state index contributed by atoms with van der Waals surface area (Å²) in [4.78, 5) is 45.6. The van der Waals surface area contributed by atoms with Gasteiger partial charge in [0.2, 0.25) is 0 Å². The zero-order valence-corrected chi connectivity index (χ0v) is 19.3. The third kappa shape index (κ3) is 3.53. The number of aliphatic carboxylic acids is 1. The minimum absolute atomic E-state index is 0.441. The molecule has 0 saturated carbocycles. The molecule has 2 amide bonds. The second-order valence-corrected chi connectivity index (χ2v) is 10.0. The Kier molecular flexibility index (Phi) is 5.40. The van der Waals surface area contributed by atoms with Crippen LogP contribution in [0.1, 0.15) is 15.3 Å². The summed E-state index contributed by atoms with van der Waals surface area (Å²) in [7, 11) is 0. The number of carbonyl (C=O) groups excluding carboxylic acids is 2. The summed E-state index contributed by atoms with van der Waals surface area (Å²) in [5.74, 6) is -4.54. The maximum absolute atomic E-state index is 12.3. The zero-order valence-electron chi connectivity index (χ0n) is 17.7. The Bertz CT molecular complexity index is 1550. The van der Waals surface area contributed by atoms with Crippen molar-refractivity contribution in [2.24, 2.45) is 21.8 Å². The van der Waals surface area contributed by atoms with Crippen LogP contribution in [0, 0.1) is 30.1 Å². The summed E-state index contributed by atoms with van der Waals surface area (Å²) in [5, 5.41) is 19.3. The smallest absolute Gasteiger partial charge is 0.320 e. The summed E-state index contributed by atoms with van der Waals surface area (Å²) in [6.45, 7) is 1.94. The maximum atomic E-state index is 12.3. The molecule has 4 heterocycles. The molecule has 2 aliphatic rings. The molecule has 0 spiro atoms. The van der Waals surface area contributed by atoms with E-state index in [2.05, 4.69) is 9.98 Å². The van der Waals surface area contributed by atoms with Crippen LogP contribution in [-0.4, -0.2) is 34.3 Å². The number of rotatable bonds is 4. The number of amides is 2. The van der Waals surface area contributed by atoms with Crippen molar-refractivity contribution < 1.29 is 19.5 Å². The average molecular weight is 486 g/mol. The molecule has 2 unspecified atom stereocenters. The van der Waals surface area contributed by atoms with E-state index in [1.807, 2.05) is 43.3 Å². The first kappa shape index (κ1) is 21.8. The Hall–Kier alpha value is -4.00. The number of carboxylic acids is 1. The van der Waals surface area contributed by atoms with E-state index < -0.39 is 29.6 Å². The number of nitriles is 1. The van der Waals surface area contributed by atoms with Crippen LogP contribution in [0.3, 0.4) is 0 Å². The zero-order chi connectivity index (χ0) is 24.0. The molecule has 1 N–H and O–H groups in total. The molecule has 0 fully saturated rings. The Morgan fingerprint density at radius 2 is 1.65 bits per heavy atom. The number of aliphatic imine (C=N–C) groups is 2. The molecule has 5 rings (SSSR count). The number of hydrogen-bond acceptors (Lipinski definition) is 6. The first-order valence-electron chi connectivity index (χ1n) is 10.2. The Morgan fingerprint density at radius 3 is 2.29 bits per heavy atom. The molecular weight excluding hydrogens is 470 g/mol. The topological polar surface area (TPSA) is 120 Å². The van der Waals surface area contributed by atoms with Crippen LogP contribution in [0.5, 0.6) is 0 Å². The Labute approximate surface area is 201 Å². The summed E-state index contributed by atoms with van der Waals surface area (Å²) < 4.78 is 0.969. The lowest BCUT2D eigenvalue weighted by Gasteiger charge is -2.12. The number of hydrogen-bond donors (Lipinski definition) is 1. The van der Waals surface area contributed by atoms with E-state index >= 15 is 0 Å². The van der Waals surface area contributed by atoms with E-state index in [1.165, 1.54) is 28.7 Å². The SMILES string of the molecule is Cc1c(C2=NC(=O)C(C(=O)O)C=C2)sc2sc(C3=NC(=O)C(C#N)C=C3)c(-c3ccccc3)c12. The second kappa shape index (κ2) is 8.41. The molecule has 0 bridgehead atoms. The standard InChI is InChI=1S/C25H15N3O4S2/c1-12-18-19(13-5-3-2-4-6-13)21(17-9-7-14(11-26)22(29)27-17)34-25(18)33-20(12)16-10-8-15(24(31)32)23(30)28-16/h2-10,14-15H,1H3,(H,31,32). The van der Waals surface area contributed by atoms with Crippen molar-refractivity contribution in [3.8, 4) is 17.2 Å². The van der Waals surface area contributed by atoms with Crippen LogP contribution in [0.25, 0.3) is 20.5 Å². The van der Waals surface area contributed by atoms with E-state index in [-0.39, 0.29) is 0 Å². The van der Waals surface area contributed by atoms with Crippen molar-refractivity contribution in [3.05, 3.63) is 70.0 Å². The van der Waals surface area contributed by atoms with Crippen LogP contribution in [-0.2, 0) is 14.4 Å². The molecule has 1 aromatic carbocycles. The van der Waals surface area contributed by atoms with Crippen LogP contribution in [0.2, 0.25) is 0 Å². The lowest BCUT2D eigenvalue weighted by Crippen LogP contribution is -2.24. The fraction of sp³-hybridized carbons (Fsp3) is 0.120. The number of aryl methyl sites for hydroxylation is 1. The van der Waals surface area contributed by atoms with Crippen LogP contribution >= 0.6 is 22.7 Å². The first-order valence-corrected chi connectivity index (χ1v) is 11.9. The van der Waals surface area contributed by atoms with Crippen LogP contribution in [0.4, 0.5) is 0 Å². The van der Waals surface area contributed by atoms with Crippen LogP contribution in [0.15, 0.2) is 64.6 Å². The normalized spacial score (nSPS) is 19.8. The quantitative estimate of drug-likeness (QED) is 0.544. The van der Waals surface area contributed by atoms with E-state index in [0.717, 1.165) is 35.8 Å². The van der Waals surface area contributed by atoms with E-state index in [4.69, 9.17) is 5.26 Å². The number of thiophene rings is 2. The molecule has 166 valence electrons. The van der Waals surface area contributed by atoms with E-state index in [1.54, 1.807) is 18.2 Å². The molecule has 3 aromatic rings. The monoisotopic (exact) mass is 485 g/mol. The summed E-state index contributed by atoms with van der Waals surface area (Å²) in [6, 6.07) is 11.7. The number of benzene rings is 1. The third-order valence-electron chi connectivity index (χ3n) is 5.61. The highest BCUT2D eigenvalue weighted by Gasteiger charge is 2.30. The van der Waals surface area contributed by atoms with Gasteiger partial charge in [-0.3, -0.25) is 14.4 Å². The molecule has 2 aromatic heterocycles. The molecule has 0 saturated heterocycles. The number of dihydropyridines is 2. The predicted octanol–water partition coefficient (Wildman–Crippen LogP) is 4.55. The summed E-state index contributed by atoms with van der Waals surface area (Å²) in [5.41, 5.74) is 3.73. The lowest BCUT2D eigenvalue weighted by molar-refractivity contribution is -0.143. The number of carboxylic acid groups (broad SMARTS) is 1. The van der Waals surface area contributed by atoms with Gasteiger partial charge in [-0.2, -0.15) is 5.26 Å². The van der Waals surface area contributed by atoms with Gasteiger partial charge in [-0.05, 0) is 30.2 Å². The van der Waals surface area contributed by atoms with Crippen LogP contribution < -0.4 is 0 Å². The molecule has 7 nitrogen and oxygen atoms in total. The average Bonchev–Trinajstić information content (AvgIpc) is 3.36. The van der Waals surface area contributed by atoms with Gasteiger partial charge in [-0.1, -0.05) is 42.5 Å². The fourth-order valence-electron chi connectivity index (χ4n) is 3.94. The highest BCUT2D eigenvalue weighted by molar-refractivity contribution is 7.40. The third-order valence-corrected chi connectivity index (χ3v) is 8.22. The van der Waals surface area contributed by atoms with Crippen molar-refractivity contribution >= 4 is 61.3 Å². The molecule has 34 heavy (non-hydrogen) atoms. The van der Waals surface area contributed by atoms with Gasteiger partial charge in [0, 0.05) is 10.9 Å².